The molecule has 0 aromatic heterocycles. The Balaban J connectivity index is 2.95. The van der Waals surface area contributed by atoms with Gasteiger partial charge in [-0.3, -0.25) is 4.79 Å². The maximum absolute atomic E-state index is 12.2. The Labute approximate surface area is 97.2 Å². The number of benzene rings is 1. The number of nitrogens with two attached hydrogens (primary N) is 1. The first-order chi connectivity index (χ1) is 7.43. The van der Waals surface area contributed by atoms with E-state index in [1.54, 1.807) is 24.3 Å². The van der Waals surface area contributed by atoms with Crippen molar-refractivity contribution in [3.8, 4) is 0 Å². The van der Waals surface area contributed by atoms with Crippen LogP contribution >= 0.6 is 0 Å². The Morgan fingerprint density at radius 3 is 1.88 bits per heavy atom. The van der Waals surface area contributed by atoms with Crippen LogP contribution < -0.4 is 5.73 Å². The predicted molar refractivity (Wildman–Crippen MR) is 67.3 cm³/mol. The van der Waals surface area contributed by atoms with Gasteiger partial charge in [-0.25, -0.2) is 0 Å². The molecule has 1 aromatic carbocycles. The molecule has 1 aromatic rings. The van der Waals surface area contributed by atoms with E-state index in [1.165, 1.54) is 0 Å². The Morgan fingerprint density at radius 1 is 1.06 bits per heavy atom. The van der Waals surface area contributed by atoms with E-state index < -0.39 is 0 Å². The normalized spacial score (nSPS) is 10.9. The van der Waals surface area contributed by atoms with E-state index in [0.29, 0.717) is 11.3 Å². The lowest BCUT2D eigenvalue weighted by molar-refractivity contribution is 0.0644. The second kappa shape index (κ2) is 5.01. The monoisotopic (exact) mass is 220 g/mol. The van der Waals surface area contributed by atoms with Crippen LogP contribution in [0.15, 0.2) is 24.3 Å². The summed E-state index contributed by atoms with van der Waals surface area (Å²) in [7, 11) is 0. The van der Waals surface area contributed by atoms with Crippen LogP contribution in [0.5, 0.6) is 0 Å². The van der Waals surface area contributed by atoms with Gasteiger partial charge in [-0.1, -0.05) is 0 Å². The topological polar surface area (TPSA) is 46.3 Å². The zero-order chi connectivity index (χ0) is 12.3. The number of carbonyl (C=O) groups is 1. The van der Waals surface area contributed by atoms with Gasteiger partial charge in [0.15, 0.2) is 0 Å². The van der Waals surface area contributed by atoms with Crippen LogP contribution in [0.25, 0.3) is 0 Å². The molecule has 16 heavy (non-hydrogen) atoms. The fourth-order valence-electron chi connectivity index (χ4n) is 1.84. The first-order valence-corrected chi connectivity index (χ1v) is 5.61. The van der Waals surface area contributed by atoms with E-state index in [2.05, 4.69) is 0 Å². The molecule has 0 unspecified atom stereocenters. The third kappa shape index (κ3) is 2.75. The van der Waals surface area contributed by atoms with Gasteiger partial charge in [0.05, 0.1) is 0 Å². The molecule has 2 N–H and O–H groups in total. The van der Waals surface area contributed by atoms with Crippen molar-refractivity contribution < 1.29 is 4.79 Å². The van der Waals surface area contributed by atoms with Crippen molar-refractivity contribution in [2.45, 2.75) is 39.8 Å². The third-order valence-corrected chi connectivity index (χ3v) is 2.50. The fraction of sp³-hybridized carbons (Fsp3) is 0.462. The van der Waals surface area contributed by atoms with Gasteiger partial charge >= 0.3 is 0 Å². The van der Waals surface area contributed by atoms with E-state index in [9.17, 15) is 4.79 Å². The smallest absolute Gasteiger partial charge is 0.254 e. The van der Waals surface area contributed by atoms with Gasteiger partial charge in [-0.2, -0.15) is 0 Å². The number of rotatable bonds is 3. The van der Waals surface area contributed by atoms with Crippen LogP contribution in [-0.4, -0.2) is 22.9 Å². The highest BCUT2D eigenvalue weighted by Gasteiger charge is 2.21. The number of amides is 1. The molecule has 0 atom stereocenters. The maximum atomic E-state index is 12.2. The summed E-state index contributed by atoms with van der Waals surface area (Å²) in [6.07, 6.45) is 0. The van der Waals surface area contributed by atoms with Crippen LogP contribution in [0.1, 0.15) is 38.1 Å². The van der Waals surface area contributed by atoms with Gasteiger partial charge in [0, 0.05) is 23.3 Å². The Bertz CT molecular complexity index is 347. The Morgan fingerprint density at radius 2 is 1.50 bits per heavy atom. The van der Waals surface area contributed by atoms with Gasteiger partial charge in [0.2, 0.25) is 0 Å². The summed E-state index contributed by atoms with van der Waals surface area (Å²) in [5.74, 6) is 0.0602. The molecule has 0 radical (unpaired) electrons. The SMILES string of the molecule is CC(C)N(C(=O)c1ccc(N)cc1)C(C)C. The highest BCUT2D eigenvalue weighted by molar-refractivity contribution is 5.94. The number of hydrogen-bond acceptors (Lipinski definition) is 2. The van der Waals surface area contributed by atoms with E-state index in [-0.39, 0.29) is 18.0 Å². The minimum atomic E-state index is 0.0602. The summed E-state index contributed by atoms with van der Waals surface area (Å²) in [6.45, 7) is 8.09. The lowest BCUT2D eigenvalue weighted by Crippen LogP contribution is -2.42. The minimum Gasteiger partial charge on any atom is -0.399 e. The lowest BCUT2D eigenvalue weighted by Gasteiger charge is -2.30. The number of anilines is 1. The molecule has 0 aliphatic carbocycles. The highest BCUT2D eigenvalue weighted by atomic mass is 16.2. The van der Waals surface area contributed by atoms with E-state index in [0.717, 1.165) is 0 Å². The van der Waals surface area contributed by atoms with Crippen LogP contribution in [0.4, 0.5) is 5.69 Å². The van der Waals surface area contributed by atoms with Gasteiger partial charge in [0.25, 0.3) is 5.91 Å². The van der Waals surface area contributed by atoms with E-state index in [4.69, 9.17) is 5.73 Å². The zero-order valence-electron chi connectivity index (χ0n) is 10.4. The molecule has 1 rings (SSSR count). The van der Waals surface area contributed by atoms with Crippen molar-refractivity contribution in [3.05, 3.63) is 29.8 Å². The largest absolute Gasteiger partial charge is 0.399 e. The Kier molecular flexibility index (Phi) is 3.93. The van der Waals surface area contributed by atoms with Gasteiger partial charge in [-0.05, 0) is 52.0 Å². The number of nitrogens with zero attached hydrogens (tertiary/aromatic N) is 1. The molecular weight excluding hydrogens is 200 g/mol. The van der Waals surface area contributed by atoms with Gasteiger partial charge < -0.3 is 10.6 Å². The molecule has 0 bridgehead atoms. The summed E-state index contributed by atoms with van der Waals surface area (Å²) in [5, 5.41) is 0. The van der Waals surface area contributed by atoms with Crippen molar-refractivity contribution in [1.29, 1.82) is 0 Å². The standard InChI is InChI=1S/C13H20N2O/c1-9(2)15(10(3)4)13(16)11-5-7-12(14)8-6-11/h5-10H,14H2,1-4H3. The van der Waals surface area contributed by atoms with Crippen molar-refractivity contribution in [3.63, 3.8) is 0 Å². The molecule has 0 fully saturated rings. The molecule has 0 saturated heterocycles. The minimum absolute atomic E-state index is 0.0602. The van der Waals surface area contributed by atoms with Gasteiger partial charge in [0.1, 0.15) is 0 Å². The molecule has 0 heterocycles. The first kappa shape index (κ1) is 12.6. The molecule has 88 valence electrons. The average molecular weight is 220 g/mol. The fourth-order valence-corrected chi connectivity index (χ4v) is 1.84. The quantitative estimate of drug-likeness (QED) is 0.796. The predicted octanol–water partition coefficient (Wildman–Crippen LogP) is 2.53. The Hall–Kier alpha value is -1.51. The number of carbonyl (C=O) groups excluding carboxylic acids is 1. The van der Waals surface area contributed by atoms with Gasteiger partial charge in [-0.15, -0.1) is 0 Å². The third-order valence-electron chi connectivity index (χ3n) is 2.50. The summed E-state index contributed by atoms with van der Waals surface area (Å²) in [4.78, 5) is 14.1. The summed E-state index contributed by atoms with van der Waals surface area (Å²) < 4.78 is 0. The molecule has 0 saturated carbocycles. The summed E-state index contributed by atoms with van der Waals surface area (Å²) in [6, 6.07) is 7.46. The molecule has 0 aliphatic heterocycles. The number of hydrogen-bond donors (Lipinski definition) is 1. The van der Waals surface area contributed by atoms with E-state index in [1.807, 2.05) is 32.6 Å². The molecular formula is C13H20N2O. The molecule has 3 nitrogen and oxygen atoms in total. The van der Waals surface area contributed by atoms with Crippen LogP contribution in [0.2, 0.25) is 0 Å². The van der Waals surface area contributed by atoms with Crippen LogP contribution in [-0.2, 0) is 0 Å². The molecule has 0 spiro atoms. The second-order valence-electron chi connectivity index (χ2n) is 4.52. The van der Waals surface area contributed by atoms with Crippen molar-refractivity contribution >= 4 is 11.6 Å². The highest BCUT2D eigenvalue weighted by Crippen LogP contribution is 2.13. The van der Waals surface area contributed by atoms with Crippen LogP contribution in [0, 0.1) is 0 Å². The summed E-state index contributed by atoms with van der Waals surface area (Å²) in [5.41, 5.74) is 6.97. The zero-order valence-corrected chi connectivity index (χ0v) is 10.4. The average Bonchev–Trinajstić information content (AvgIpc) is 2.17. The maximum Gasteiger partial charge on any atom is 0.254 e. The van der Waals surface area contributed by atoms with Crippen molar-refractivity contribution in [2.75, 3.05) is 5.73 Å². The van der Waals surface area contributed by atoms with Crippen LogP contribution in [0.3, 0.4) is 0 Å². The van der Waals surface area contributed by atoms with E-state index >= 15 is 0 Å². The summed E-state index contributed by atoms with van der Waals surface area (Å²) >= 11 is 0. The molecule has 0 aliphatic rings. The molecule has 1 amide bonds. The molecule has 3 heteroatoms. The lowest BCUT2D eigenvalue weighted by atomic mass is 10.1. The second-order valence-corrected chi connectivity index (χ2v) is 4.52. The first-order valence-electron chi connectivity index (χ1n) is 5.61. The number of nitrogen functional groups attached to an aromatic ring is 1. The van der Waals surface area contributed by atoms with Crippen molar-refractivity contribution in [2.24, 2.45) is 0 Å². The van der Waals surface area contributed by atoms with Crippen molar-refractivity contribution in [1.82, 2.24) is 4.90 Å².